The summed E-state index contributed by atoms with van der Waals surface area (Å²) >= 11 is 6.62. The van der Waals surface area contributed by atoms with Gasteiger partial charge in [-0.15, -0.1) is 0 Å². The standard InChI is InChI=1S/C28H24ClN3O6/c1-28-19(24(35)31(26(28)37)13-5-3-2-4-6-13)12-18-15(22(28)16-8-7-14(33)11-20(16)29)9-10-17-21(18)25(36)32(23(17)34)27(30)38/h2-9,11,17-19,21-22,33H,10,12H2,1H3,(H2,30,38)/t17-,18+,19-,21-,22+,28+/m0/s1. The molecule has 3 fully saturated rings. The van der Waals surface area contributed by atoms with Crippen LogP contribution in [-0.2, 0) is 19.2 Å². The Bertz CT molecular complexity index is 1470. The topological polar surface area (TPSA) is 138 Å². The molecule has 9 nitrogen and oxygen atoms in total. The van der Waals surface area contributed by atoms with Gasteiger partial charge in [-0.25, -0.2) is 9.69 Å². The molecule has 2 aliphatic heterocycles. The van der Waals surface area contributed by atoms with Gasteiger partial charge in [0.2, 0.25) is 23.6 Å². The van der Waals surface area contributed by atoms with Gasteiger partial charge in [-0.3, -0.25) is 19.2 Å². The summed E-state index contributed by atoms with van der Waals surface area (Å²) in [5.74, 6) is -5.95. The first-order valence-electron chi connectivity index (χ1n) is 12.4. The highest BCUT2D eigenvalue weighted by Gasteiger charge is 2.68. The van der Waals surface area contributed by atoms with Gasteiger partial charge in [0.1, 0.15) is 5.75 Å². The molecule has 2 aromatic rings. The second-order valence-corrected chi connectivity index (χ2v) is 11.0. The van der Waals surface area contributed by atoms with Crippen LogP contribution in [-0.4, -0.2) is 39.7 Å². The number of carbonyl (C=O) groups is 5. The van der Waals surface area contributed by atoms with E-state index < -0.39 is 58.8 Å². The predicted molar refractivity (Wildman–Crippen MR) is 136 cm³/mol. The molecule has 0 radical (unpaired) electrons. The summed E-state index contributed by atoms with van der Waals surface area (Å²) in [4.78, 5) is 68.1. The second-order valence-electron chi connectivity index (χ2n) is 10.6. The number of allylic oxidation sites excluding steroid dienone is 2. The van der Waals surface area contributed by atoms with E-state index in [2.05, 4.69) is 0 Å². The number of rotatable bonds is 2. The summed E-state index contributed by atoms with van der Waals surface area (Å²) < 4.78 is 0. The summed E-state index contributed by atoms with van der Waals surface area (Å²) in [6, 6.07) is 12.0. The van der Waals surface area contributed by atoms with Gasteiger partial charge in [0.05, 0.1) is 28.9 Å². The van der Waals surface area contributed by atoms with Crippen molar-refractivity contribution in [3.63, 3.8) is 0 Å². The molecule has 0 bridgehead atoms. The Morgan fingerprint density at radius 1 is 1.03 bits per heavy atom. The molecule has 194 valence electrons. The second kappa shape index (κ2) is 8.26. The molecule has 0 spiro atoms. The first-order chi connectivity index (χ1) is 18.1. The smallest absolute Gasteiger partial charge is 0.328 e. The number of benzene rings is 2. The average molecular weight is 534 g/mol. The van der Waals surface area contributed by atoms with Crippen molar-refractivity contribution in [2.75, 3.05) is 4.90 Å². The van der Waals surface area contributed by atoms with Gasteiger partial charge in [-0.2, -0.15) is 4.90 Å². The maximum absolute atomic E-state index is 14.2. The zero-order valence-corrected chi connectivity index (χ0v) is 21.1. The van der Waals surface area contributed by atoms with Gasteiger partial charge in [0.15, 0.2) is 0 Å². The number of hydrogen-bond acceptors (Lipinski definition) is 6. The third kappa shape index (κ3) is 3.08. The molecular formula is C28H24ClN3O6. The fourth-order valence-corrected chi connectivity index (χ4v) is 7.43. The SMILES string of the molecule is C[C@@]12C(=O)N(c3ccccc3)C(=O)[C@@H]1C[C@@H]1C(=CC[C@@H]3C(=O)N(C(N)=O)C(=O)[C@@H]31)[C@@H]2c1ccc(O)cc1Cl. The van der Waals surface area contributed by atoms with E-state index in [1.54, 1.807) is 43.3 Å². The summed E-state index contributed by atoms with van der Waals surface area (Å²) in [5.41, 5.74) is 5.81. The largest absolute Gasteiger partial charge is 0.508 e. The molecule has 2 aromatic carbocycles. The van der Waals surface area contributed by atoms with Crippen LogP contribution in [0.15, 0.2) is 60.2 Å². The molecule has 0 unspecified atom stereocenters. The molecule has 10 heteroatoms. The van der Waals surface area contributed by atoms with E-state index in [-0.39, 0.29) is 29.5 Å². The lowest BCUT2D eigenvalue weighted by Gasteiger charge is -2.49. The molecule has 4 aliphatic rings. The van der Waals surface area contributed by atoms with E-state index in [4.69, 9.17) is 17.3 Å². The van der Waals surface area contributed by atoms with Crippen molar-refractivity contribution >= 4 is 46.9 Å². The number of carbonyl (C=O) groups excluding carboxylic acids is 5. The van der Waals surface area contributed by atoms with E-state index in [1.807, 2.05) is 6.08 Å². The van der Waals surface area contributed by atoms with Crippen LogP contribution in [0.25, 0.3) is 0 Å². The van der Waals surface area contributed by atoms with E-state index in [0.29, 0.717) is 16.2 Å². The molecule has 1 saturated carbocycles. The number of hydrogen-bond donors (Lipinski definition) is 2. The molecule has 2 heterocycles. The lowest BCUT2D eigenvalue weighted by molar-refractivity contribution is -0.136. The number of amides is 6. The van der Waals surface area contributed by atoms with Crippen LogP contribution in [0.1, 0.15) is 31.2 Å². The van der Waals surface area contributed by atoms with Crippen molar-refractivity contribution in [1.29, 1.82) is 0 Å². The Morgan fingerprint density at radius 3 is 2.39 bits per heavy atom. The number of para-hydroxylation sites is 1. The Balaban J connectivity index is 1.55. The minimum absolute atomic E-state index is 0.0566. The molecule has 2 saturated heterocycles. The van der Waals surface area contributed by atoms with Crippen molar-refractivity contribution in [2.45, 2.75) is 25.7 Å². The monoisotopic (exact) mass is 533 g/mol. The number of fused-ring (bicyclic) bond motifs is 4. The fourth-order valence-electron chi connectivity index (χ4n) is 7.15. The van der Waals surface area contributed by atoms with E-state index in [0.717, 1.165) is 5.57 Å². The van der Waals surface area contributed by atoms with Crippen molar-refractivity contribution in [1.82, 2.24) is 4.90 Å². The van der Waals surface area contributed by atoms with Crippen molar-refractivity contribution in [2.24, 2.45) is 34.8 Å². The van der Waals surface area contributed by atoms with Crippen molar-refractivity contribution in [3.05, 3.63) is 70.8 Å². The Morgan fingerprint density at radius 2 is 1.74 bits per heavy atom. The molecule has 38 heavy (non-hydrogen) atoms. The molecular weight excluding hydrogens is 510 g/mol. The zero-order chi connectivity index (χ0) is 27.1. The summed E-state index contributed by atoms with van der Waals surface area (Å²) in [6.45, 7) is 1.75. The number of likely N-dealkylation sites (tertiary alicyclic amines) is 1. The van der Waals surface area contributed by atoms with Crippen LogP contribution in [0.2, 0.25) is 5.02 Å². The molecule has 6 atom stereocenters. The number of nitrogens with two attached hydrogens (primary N) is 1. The van der Waals surface area contributed by atoms with Gasteiger partial charge in [-0.05, 0) is 55.5 Å². The van der Waals surface area contributed by atoms with Crippen LogP contribution in [0.3, 0.4) is 0 Å². The van der Waals surface area contributed by atoms with Crippen LogP contribution >= 0.6 is 11.6 Å². The first kappa shape index (κ1) is 24.4. The molecule has 6 amide bonds. The van der Waals surface area contributed by atoms with Gasteiger partial charge in [-0.1, -0.05) is 47.5 Å². The summed E-state index contributed by atoms with van der Waals surface area (Å²) in [6.07, 6.45) is 2.18. The highest BCUT2D eigenvalue weighted by Crippen LogP contribution is 2.64. The average Bonchev–Trinajstić information content (AvgIpc) is 3.25. The Labute approximate surface area is 222 Å². The van der Waals surface area contributed by atoms with Gasteiger partial charge in [0, 0.05) is 10.9 Å². The van der Waals surface area contributed by atoms with Gasteiger partial charge in [0.25, 0.3) is 0 Å². The molecule has 3 N–H and O–H groups in total. The quantitative estimate of drug-likeness (QED) is 0.448. The highest BCUT2D eigenvalue weighted by molar-refractivity contribution is 6.32. The van der Waals surface area contributed by atoms with Gasteiger partial charge >= 0.3 is 6.03 Å². The molecule has 0 aromatic heterocycles. The first-order valence-corrected chi connectivity index (χ1v) is 12.7. The van der Waals surface area contributed by atoms with Crippen molar-refractivity contribution < 1.29 is 29.1 Å². The van der Waals surface area contributed by atoms with Crippen LogP contribution < -0.4 is 10.6 Å². The molecule has 2 aliphatic carbocycles. The van der Waals surface area contributed by atoms with Crippen LogP contribution in [0.5, 0.6) is 5.75 Å². The maximum atomic E-state index is 14.2. The van der Waals surface area contributed by atoms with Crippen LogP contribution in [0.4, 0.5) is 10.5 Å². The number of primary amides is 1. The minimum Gasteiger partial charge on any atom is -0.508 e. The van der Waals surface area contributed by atoms with E-state index in [1.165, 1.54) is 17.0 Å². The lowest BCUT2D eigenvalue weighted by atomic mass is 9.51. The number of nitrogens with zero attached hydrogens (tertiary/aromatic N) is 2. The highest BCUT2D eigenvalue weighted by atomic mass is 35.5. The zero-order valence-electron chi connectivity index (χ0n) is 20.3. The number of anilines is 1. The third-order valence-electron chi connectivity index (χ3n) is 8.80. The predicted octanol–water partition coefficient (Wildman–Crippen LogP) is 3.36. The van der Waals surface area contributed by atoms with Crippen molar-refractivity contribution in [3.8, 4) is 5.75 Å². The number of aromatic hydroxyl groups is 1. The maximum Gasteiger partial charge on any atom is 0.328 e. The summed E-state index contributed by atoms with van der Waals surface area (Å²) in [7, 11) is 0. The Kier molecular flexibility index (Phi) is 5.30. The number of imide groups is 4. The van der Waals surface area contributed by atoms with E-state index >= 15 is 0 Å². The van der Waals surface area contributed by atoms with Gasteiger partial charge < -0.3 is 10.8 Å². The Hall–Kier alpha value is -3.98. The van der Waals surface area contributed by atoms with E-state index in [9.17, 15) is 29.1 Å². The fraction of sp³-hybridized carbons (Fsp3) is 0.321. The number of phenols is 1. The number of phenolic OH excluding ortho intramolecular Hbond substituents is 1. The third-order valence-corrected chi connectivity index (χ3v) is 9.13. The molecule has 6 rings (SSSR count). The minimum atomic E-state index is -1.25. The summed E-state index contributed by atoms with van der Waals surface area (Å²) in [5, 5.41) is 10.2. The van der Waals surface area contributed by atoms with Crippen LogP contribution in [0, 0.1) is 29.1 Å². The number of halogens is 1. The normalized spacial score (nSPS) is 32.2. The number of urea groups is 1. The lowest BCUT2D eigenvalue weighted by Crippen LogP contribution is -2.49.